The van der Waals surface area contributed by atoms with Crippen LogP contribution in [-0.2, 0) is 6.42 Å². The molecule has 0 saturated carbocycles. The van der Waals surface area contributed by atoms with E-state index in [1.807, 2.05) is 18.3 Å². The van der Waals surface area contributed by atoms with Gasteiger partial charge in [-0.2, -0.15) is 0 Å². The standard InChI is InChI=1S/C16H21ClN2/c1-2-3-4-16(19-12-11-18-13-19)10-7-14-5-8-15(17)9-6-14/h5-6,8-9,11-13,16H,2-4,7,10H2,1H3/p+1. The molecule has 0 bridgehead atoms. The summed E-state index contributed by atoms with van der Waals surface area (Å²) in [6, 6.07) is 8.78. The minimum Gasteiger partial charge on any atom is -0.250 e. The van der Waals surface area contributed by atoms with Crippen molar-refractivity contribution in [3.63, 3.8) is 0 Å². The molecule has 0 radical (unpaired) electrons. The van der Waals surface area contributed by atoms with Gasteiger partial charge in [-0.25, -0.2) is 4.57 Å². The molecule has 102 valence electrons. The molecule has 0 saturated heterocycles. The van der Waals surface area contributed by atoms with Gasteiger partial charge in [-0.3, -0.25) is 4.98 Å². The molecular formula is C16H22ClN2+. The summed E-state index contributed by atoms with van der Waals surface area (Å²) in [6.45, 7) is 2.25. The molecule has 0 aliphatic rings. The number of rotatable bonds is 7. The van der Waals surface area contributed by atoms with Crippen LogP contribution in [-0.4, -0.2) is 4.98 Å². The lowest BCUT2D eigenvalue weighted by Gasteiger charge is -2.13. The Balaban J connectivity index is 1.94. The summed E-state index contributed by atoms with van der Waals surface area (Å²) < 4.78 is 2.30. The first kappa shape index (κ1) is 14.1. The molecule has 0 fully saturated rings. The third kappa shape index (κ3) is 4.39. The van der Waals surface area contributed by atoms with Gasteiger partial charge in [-0.15, -0.1) is 0 Å². The van der Waals surface area contributed by atoms with Crippen LogP contribution >= 0.6 is 11.6 Å². The van der Waals surface area contributed by atoms with Crippen molar-refractivity contribution in [3.8, 4) is 0 Å². The van der Waals surface area contributed by atoms with E-state index in [9.17, 15) is 0 Å². The largest absolute Gasteiger partial charge is 0.250 e. The van der Waals surface area contributed by atoms with Gasteiger partial charge in [0.25, 0.3) is 0 Å². The highest BCUT2D eigenvalue weighted by molar-refractivity contribution is 6.30. The lowest BCUT2D eigenvalue weighted by molar-refractivity contribution is -0.723. The Labute approximate surface area is 120 Å². The summed E-state index contributed by atoms with van der Waals surface area (Å²) in [7, 11) is 0. The molecule has 0 amide bonds. The summed E-state index contributed by atoms with van der Waals surface area (Å²) in [5.74, 6) is 0. The molecule has 2 rings (SSSR count). The average Bonchev–Trinajstić information content (AvgIpc) is 2.95. The molecule has 0 aliphatic heterocycles. The van der Waals surface area contributed by atoms with Crippen LogP contribution in [0.5, 0.6) is 0 Å². The second-order valence-corrected chi connectivity index (χ2v) is 5.46. The zero-order chi connectivity index (χ0) is 13.5. The first-order valence-electron chi connectivity index (χ1n) is 7.07. The van der Waals surface area contributed by atoms with Crippen molar-refractivity contribution < 1.29 is 4.57 Å². The summed E-state index contributed by atoms with van der Waals surface area (Å²) in [5.41, 5.74) is 1.36. The zero-order valence-corrected chi connectivity index (χ0v) is 12.2. The van der Waals surface area contributed by atoms with E-state index in [0.29, 0.717) is 6.04 Å². The first-order valence-corrected chi connectivity index (χ1v) is 7.45. The minimum absolute atomic E-state index is 0.585. The highest BCUT2D eigenvalue weighted by Gasteiger charge is 2.14. The highest BCUT2D eigenvalue weighted by Crippen LogP contribution is 2.17. The molecule has 1 heterocycles. The van der Waals surface area contributed by atoms with Crippen molar-refractivity contribution in [1.82, 2.24) is 4.98 Å². The number of hydrogen-bond donors (Lipinski definition) is 1. The number of unbranched alkanes of at least 4 members (excludes halogenated alkanes) is 1. The van der Waals surface area contributed by atoms with Gasteiger partial charge in [0.1, 0.15) is 18.4 Å². The topological polar surface area (TPSA) is 19.7 Å². The second-order valence-electron chi connectivity index (χ2n) is 5.02. The summed E-state index contributed by atoms with van der Waals surface area (Å²) in [4.78, 5) is 3.14. The third-order valence-corrected chi connectivity index (χ3v) is 3.81. The fourth-order valence-electron chi connectivity index (χ4n) is 2.39. The summed E-state index contributed by atoms with van der Waals surface area (Å²) in [6.07, 6.45) is 12.2. The van der Waals surface area contributed by atoms with Crippen molar-refractivity contribution in [2.75, 3.05) is 0 Å². The molecule has 1 N–H and O–H groups in total. The number of nitrogens with one attached hydrogen (secondary N) is 1. The summed E-state index contributed by atoms with van der Waals surface area (Å²) >= 11 is 5.92. The van der Waals surface area contributed by atoms with Crippen LogP contribution in [0.2, 0.25) is 5.02 Å². The van der Waals surface area contributed by atoms with Crippen LogP contribution in [0.3, 0.4) is 0 Å². The lowest BCUT2D eigenvalue weighted by Crippen LogP contribution is -2.37. The number of benzene rings is 1. The van der Waals surface area contributed by atoms with Crippen LogP contribution in [0.1, 0.15) is 44.2 Å². The van der Waals surface area contributed by atoms with Gasteiger partial charge < -0.3 is 0 Å². The molecule has 1 aromatic carbocycles. The van der Waals surface area contributed by atoms with Crippen molar-refractivity contribution >= 4 is 11.6 Å². The molecule has 2 nitrogen and oxygen atoms in total. The number of imidazole rings is 1. The van der Waals surface area contributed by atoms with Crippen molar-refractivity contribution in [1.29, 1.82) is 0 Å². The Morgan fingerprint density at radius 1 is 1.21 bits per heavy atom. The number of halogens is 1. The van der Waals surface area contributed by atoms with E-state index in [2.05, 4.69) is 41.1 Å². The molecular weight excluding hydrogens is 256 g/mol. The molecule has 3 heteroatoms. The Bertz CT molecular complexity index is 462. The van der Waals surface area contributed by atoms with Crippen molar-refractivity contribution in [3.05, 3.63) is 53.6 Å². The Morgan fingerprint density at radius 2 is 2.00 bits per heavy atom. The van der Waals surface area contributed by atoms with Crippen LogP contribution < -0.4 is 4.57 Å². The molecule has 2 aromatic rings. The smallest absolute Gasteiger partial charge is 0.241 e. The normalized spacial score (nSPS) is 12.5. The maximum Gasteiger partial charge on any atom is 0.241 e. The Morgan fingerprint density at radius 3 is 2.63 bits per heavy atom. The number of nitrogens with zero attached hydrogens (tertiary/aromatic N) is 1. The van der Waals surface area contributed by atoms with Gasteiger partial charge in [0, 0.05) is 5.02 Å². The number of aromatic nitrogens is 2. The minimum atomic E-state index is 0.585. The molecule has 1 aromatic heterocycles. The van der Waals surface area contributed by atoms with E-state index >= 15 is 0 Å². The van der Waals surface area contributed by atoms with E-state index in [1.165, 1.54) is 31.2 Å². The Kier molecular flexibility index (Phi) is 5.46. The fraction of sp³-hybridized carbons (Fsp3) is 0.438. The fourth-order valence-corrected chi connectivity index (χ4v) is 2.52. The van der Waals surface area contributed by atoms with E-state index in [0.717, 1.165) is 11.4 Å². The molecule has 1 unspecified atom stereocenters. The number of hydrogen-bond acceptors (Lipinski definition) is 0. The quantitative estimate of drug-likeness (QED) is 0.727. The summed E-state index contributed by atoms with van der Waals surface area (Å²) in [5, 5.41) is 0.811. The third-order valence-electron chi connectivity index (χ3n) is 3.56. The predicted octanol–water partition coefficient (Wildman–Crippen LogP) is 4.32. The Hall–Kier alpha value is -1.28. The number of aromatic amines is 1. The van der Waals surface area contributed by atoms with E-state index < -0.39 is 0 Å². The second kappa shape index (κ2) is 7.34. The molecule has 0 spiro atoms. The van der Waals surface area contributed by atoms with Gasteiger partial charge in [0.2, 0.25) is 6.33 Å². The van der Waals surface area contributed by atoms with E-state index in [-0.39, 0.29) is 0 Å². The van der Waals surface area contributed by atoms with Gasteiger partial charge in [-0.1, -0.05) is 37.1 Å². The van der Waals surface area contributed by atoms with Gasteiger partial charge in [0.15, 0.2) is 0 Å². The zero-order valence-electron chi connectivity index (χ0n) is 11.5. The van der Waals surface area contributed by atoms with Gasteiger partial charge in [-0.05, 0) is 43.4 Å². The monoisotopic (exact) mass is 277 g/mol. The van der Waals surface area contributed by atoms with E-state index in [4.69, 9.17) is 11.6 Å². The van der Waals surface area contributed by atoms with Crippen LogP contribution in [0.25, 0.3) is 0 Å². The van der Waals surface area contributed by atoms with Crippen LogP contribution in [0.4, 0.5) is 0 Å². The first-order chi connectivity index (χ1) is 9.29. The highest BCUT2D eigenvalue weighted by atomic mass is 35.5. The molecule has 0 aliphatic carbocycles. The van der Waals surface area contributed by atoms with Crippen molar-refractivity contribution in [2.45, 2.75) is 45.1 Å². The molecule has 1 atom stereocenters. The predicted molar refractivity (Wildman–Crippen MR) is 79.3 cm³/mol. The molecule has 19 heavy (non-hydrogen) atoms. The maximum absolute atomic E-state index is 5.92. The van der Waals surface area contributed by atoms with E-state index in [1.54, 1.807) is 0 Å². The van der Waals surface area contributed by atoms with Crippen LogP contribution in [0, 0.1) is 0 Å². The number of aryl methyl sites for hydroxylation is 1. The SMILES string of the molecule is CCCCC(CCc1ccc(Cl)cc1)[n+]1cc[nH]c1. The van der Waals surface area contributed by atoms with Gasteiger partial charge in [0.05, 0.1) is 0 Å². The maximum atomic E-state index is 5.92. The average molecular weight is 278 g/mol. The lowest BCUT2D eigenvalue weighted by atomic mass is 10.0. The number of H-pyrrole nitrogens is 1. The van der Waals surface area contributed by atoms with Crippen molar-refractivity contribution in [2.24, 2.45) is 0 Å². The van der Waals surface area contributed by atoms with Crippen LogP contribution in [0.15, 0.2) is 43.0 Å². The van der Waals surface area contributed by atoms with Gasteiger partial charge >= 0.3 is 0 Å².